The first-order valence-corrected chi connectivity index (χ1v) is 8.58. The van der Waals surface area contributed by atoms with Gasteiger partial charge in [0.05, 0.1) is 25.7 Å². The van der Waals surface area contributed by atoms with Crippen molar-refractivity contribution in [2.24, 2.45) is 10.9 Å². The molecule has 7 heteroatoms. The molecule has 1 aromatic rings. The van der Waals surface area contributed by atoms with Crippen LogP contribution < -0.4 is 10.6 Å². The number of aryl methyl sites for hydroxylation is 2. The van der Waals surface area contributed by atoms with Crippen LogP contribution in [0.15, 0.2) is 23.2 Å². The highest BCUT2D eigenvalue weighted by atomic mass is 16.5. The van der Waals surface area contributed by atoms with Gasteiger partial charge in [0.15, 0.2) is 0 Å². The summed E-state index contributed by atoms with van der Waals surface area (Å²) in [6, 6.07) is 5.77. The molecule has 2 aliphatic heterocycles. The normalized spacial score (nSPS) is 20.7. The van der Waals surface area contributed by atoms with Gasteiger partial charge in [-0.2, -0.15) is 0 Å². The maximum absolute atomic E-state index is 12.3. The van der Waals surface area contributed by atoms with Gasteiger partial charge in [-0.1, -0.05) is 6.07 Å². The van der Waals surface area contributed by atoms with Crippen molar-refractivity contribution in [3.63, 3.8) is 0 Å². The number of ether oxygens (including phenoxy) is 1. The number of anilines is 1. The predicted molar refractivity (Wildman–Crippen MR) is 95.5 cm³/mol. The molecule has 1 aromatic carbocycles. The van der Waals surface area contributed by atoms with Gasteiger partial charge in [0, 0.05) is 25.2 Å². The third-order valence-corrected chi connectivity index (χ3v) is 4.60. The van der Waals surface area contributed by atoms with E-state index < -0.39 is 5.92 Å². The van der Waals surface area contributed by atoms with Gasteiger partial charge in [-0.3, -0.25) is 19.9 Å². The minimum atomic E-state index is -0.434. The fourth-order valence-corrected chi connectivity index (χ4v) is 2.90. The molecule has 0 bridgehead atoms. The van der Waals surface area contributed by atoms with Crippen molar-refractivity contribution in [3.8, 4) is 0 Å². The Morgan fingerprint density at radius 2 is 2.08 bits per heavy atom. The molecule has 3 rings (SSSR count). The molecule has 0 spiro atoms. The average Bonchev–Trinajstić information content (AvgIpc) is 2.61. The minimum Gasteiger partial charge on any atom is -0.378 e. The van der Waals surface area contributed by atoms with Crippen LogP contribution in [0.3, 0.4) is 0 Å². The number of benzene rings is 1. The van der Waals surface area contributed by atoms with Crippen molar-refractivity contribution in [2.45, 2.75) is 20.3 Å². The first-order chi connectivity index (χ1) is 12.0. The lowest BCUT2D eigenvalue weighted by atomic mass is 10.0. The zero-order valence-electron chi connectivity index (χ0n) is 14.7. The van der Waals surface area contributed by atoms with Crippen LogP contribution in [0.2, 0.25) is 0 Å². The van der Waals surface area contributed by atoms with E-state index in [1.54, 1.807) is 0 Å². The molecule has 0 saturated carbocycles. The highest BCUT2D eigenvalue weighted by Gasteiger charge is 2.29. The van der Waals surface area contributed by atoms with E-state index >= 15 is 0 Å². The lowest BCUT2D eigenvalue weighted by Crippen LogP contribution is -2.53. The number of carbonyl (C=O) groups excluding carboxylic acids is 2. The second-order valence-electron chi connectivity index (χ2n) is 6.50. The van der Waals surface area contributed by atoms with Crippen molar-refractivity contribution in [3.05, 3.63) is 29.3 Å². The largest absolute Gasteiger partial charge is 0.378 e. The van der Waals surface area contributed by atoms with E-state index in [-0.39, 0.29) is 18.2 Å². The van der Waals surface area contributed by atoms with Crippen molar-refractivity contribution < 1.29 is 14.3 Å². The zero-order chi connectivity index (χ0) is 17.8. The Bertz CT molecular complexity index is 696. The van der Waals surface area contributed by atoms with Crippen LogP contribution in [0.5, 0.6) is 0 Å². The van der Waals surface area contributed by atoms with Gasteiger partial charge < -0.3 is 15.0 Å². The molecule has 25 heavy (non-hydrogen) atoms. The van der Waals surface area contributed by atoms with Gasteiger partial charge in [0.1, 0.15) is 0 Å². The van der Waals surface area contributed by atoms with Crippen LogP contribution in [-0.2, 0) is 14.3 Å². The summed E-state index contributed by atoms with van der Waals surface area (Å²) >= 11 is 0. The van der Waals surface area contributed by atoms with Gasteiger partial charge in [0.2, 0.25) is 17.8 Å². The molecular formula is C18H24N4O3. The fraction of sp³-hybridized carbons (Fsp3) is 0.500. The van der Waals surface area contributed by atoms with E-state index in [9.17, 15) is 9.59 Å². The van der Waals surface area contributed by atoms with Crippen LogP contribution in [0.4, 0.5) is 5.69 Å². The third kappa shape index (κ3) is 4.36. The summed E-state index contributed by atoms with van der Waals surface area (Å²) in [6.45, 7) is 7.07. The van der Waals surface area contributed by atoms with E-state index in [4.69, 9.17) is 4.74 Å². The molecule has 2 aliphatic rings. The zero-order valence-corrected chi connectivity index (χ0v) is 14.7. The fourth-order valence-electron chi connectivity index (χ4n) is 2.90. The second-order valence-corrected chi connectivity index (χ2v) is 6.50. The maximum Gasteiger partial charge on any atom is 0.232 e. The number of rotatable bonds is 3. The van der Waals surface area contributed by atoms with Gasteiger partial charge in [-0.15, -0.1) is 0 Å². The van der Waals surface area contributed by atoms with Crippen molar-refractivity contribution >= 4 is 23.5 Å². The highest BCUT2D eigenvalue weighted by molar-refractivity contribution is 6.02. The average molecular weight is 344 g/mol. The Morgan fingerprint density at radius 1 is 1.32 bits per heavy atom. The first kappa shape index (κ1) is 17.4. The van der Waals surface area contributed by atoms with Crippen molar-refractivity contribution in [1.29, 1.82) is 0 Å². The lowest BCUT2D eigenvalue weighted by molar-refractivity contribution is -0.127. The smallest absolute Gasteiger partial charge is 0.232 e. The van der Waals surface area contributed by atoms with Gasteiger partial charge in [-0.05, 0) is 37.1 Å². The van der Waals surface area contributed by atoms with Crippen molar-refractivity contribution in [2.75, 3.05) is 38.2 Å². The minimum absolute atomic E-state index is 0.124. The van der Waals surface area contributed by atoms with Gasteiger partial charge in [0.25, 0.3) is 0 Å². The Kier molecular flexibility index (Phi) is 5.33. The summed E-state index contributed by atoms with van der Waals surface area (Å²) in [4.78, 5) is 31.0. The summed E-state index contributed by atoms with van der Waals surface area (Å²) in [5.41, 5.74) is 3.05. The predicted octanol–water partition coefficient (Wildman–Crippen LogP) is 1.07. The molecule has 2 amide bonds. The molecule has 2 N–H and O–H groups in total. The molecule has 0 aromatic heterocycles. The number of morpholine rings is 1. The van der Waals surface area contributed by atoms with Crippen molar-refractivity contribution in [1.82, 2.24) is 10.2 Å². The summed E-state index contributed by atoms with van der Waals surface area (Å²) < 4.78 is 5.30. The Labute approximate surface area is 147 Å². The molecule has 1 atom stereocenters. The number of hydrogen-bond acceptors (Lipinski definition) is 5. The number of nitrogens with zero attached hydrogens (tertiary/aromatic N) is 2. The number of hydrogen-bond donors (Lipinski definition) is 2. The number of nitrogens with one attached hydrogen (secondary N) is 2. The van der Waals surface area contributed by atoms with E-state index in [1.807, 2.05) is 36.9 Å². The van der Waals surface area contributed by atoms with Crippen LogP contribution in [0.25, 0.3) is 0 Å². The van der Waals surface area contributed by atoms with Crippen LogP contribution in [-0.4, -0.2) is 55.5 Å². The molecule has 0 radical (unpaired) electrons. The highest BCUT2D eigenvalue weighted by Crippen LogP contribution is 2.16. The molecular weight excluding hydrogens is 320 g/mol. The SMILES string of the molecule is Cc1ccc(NC(=O)CC2CN=C(N3CCOCC3)NC2=O)cc1C. The Balaban J connectivity index is 1.55. The molecule has 2 heterocycles. The molecule has 1 saturated heterocycles. The third-order valence-electron chi connectivity index (χ3n) is 4.60. The number of amides is 2. The number of aliphatic imine (C=N–C) groups is 1. The molecule has 1 fully saturated rings. The molecule has 7 nitrogen and oxygen atoms in total. The quantitative estimate of drug-likeness (QED) is 0.859. The van der Waals surface area contributed by atoms with E-state index in [0.29, 0.717) is 25.7 Å². The number of carbonyl (C=O) groups is 2. The standard InChI is InChI=1S/C18H24N4O3/c1-12-3-4-15(9-13(12)2)20-16(23)10-14-11-19-18(21-17(14)24)22-5-7-25-8-6-22/h3-4,9,14H,5-8,10-11H2,1-2H3,(H,20,23)(H,19,21,24). The van der Waals surface area contributed by atoms with Crippen LogP contribution in [0.1, 0.15) is 17.5 Å². The lowest BCUT2D eigenvalue weighted by Gasteiger charge is -2.32. The summed E-state index contributed by atoms with van der Waals surface area (Å²) in [6.07, 6.45) is 0.124. The summed E-state index contributed by atoms with van der Waals surface area (Å²) in [5, 5.41) is 5.68. The topological polar surface area (TPSA) is 83.0 Å². The number of guanidine groups is 1. The maximum atomic E-state index is 12.3. The molecule has 1 unspecified atom stereocenters. The van der Waals surface area contributed by atoms with Crippen LogP contribution >= 0.6 is 0 Å². The summed E-state index contributed by atoms with van der Waals surface area (Å²) in [5.74, 6) is -0.157. The van der Waals surface area contributed by atoms with E-state index in [2.05, 4.69) is 15.6 Å². The first-order valence-electron chi connectivity index (χ1n) is 8.58. The second kappa shape index (κ2) is 7.65. The van der Waals surface area contributed by atoms with Gasteiger partial charge >= 0.3 is 0 Å². The monoisotopic (exact) mass is 344 g/mol. The van der Waals surface area contributed by atoms with E-state index in [0.717, 1.165) is 24.3 Å². The summed E-state index contributed by atoms with van der Waals surface area (Å²) in [7, 11) is 0. The van der Waals surface area contributed by atoms with Gasteiger partial charge in [-0.25, -0.2) is 0 Å². The molecule has 134 valence electrons. The van der Waals surface area contributed by atoms with E-state index in [1.165, 1.54) is 5.56 Å². The molecule has 0 aliphatic carbocycles. The Morgan fingerprint density at radius 3 is 2.76 bits per heavy atom. The Hall–Kier alpha value is -2.41. The van der Waals surface area contributed by atoms with Crippen LogP contribution in [0, 0.1) is 19.8 Å².